The summed E-state index contributed by atoms with van der Waals surface area (Å²) in [7, 11) is 0. The molecule has 6 aromatic rings. The first-order valence-corrected chi connectivity index (χ1v) is 15.2. The molecule has 0 aliphatic heterocycles. The number of hydrogen-bond acceptors (Lipinski definition) is 1. The summed E-state index contributed by atoms with van der Waals surface area (Å²) in [5, 5.41) is 0. The molecular formula is C42H37N. The van der Waals surface area contributed by atoms with Crippen LogP contribution in [0.1, 0.15) is 38.8 Å². The standard InChI is InChI=1S/C42H37N/c1-41(2)38-24-13-11-23-36(38)37-27-26-34(29-39(37)42(41,3)4)43(33-20-9-6-10-21-33)40-25-14-12-22-35(40)32-19-15-18-31(28-32)30-16-7-5-8-17-30/h5-29H,1-4H3. The smallest absolute Gasteiger partial charge is 0.0540 e. The summed E-state index contributed by atoms with van der Waals surface area (Å²) < 4.78 is 0. The summed E-state index contributed by atoms with van der Waals surface area (Å²) in [5.74, 6) is 0. The van der Waals surface area contributed by atoms with Crippen molar-refractivity contribution in [1.29, 1.82) is 0 Å². The molecule has 0 radical (unpaired) electrons. The molecular weight excluding hydrogens is 518 g/mol. The maximum Gasteiger partial charge on any atom is 0.0540 e. The molecule has 7 rings (SSSR count). The number of fused-ring (bicyclic) bond motifs is 3. The van der Waals surface area contributed by atoms with Gasteiger partial charge in [-0.2, -0.15) is 0 Å². The minimum Gasteiger partial charge on any atom is -0.310 e. The quantitative estimate of drug-likeness (QED) is 0.204. The Kier molecular flexibility index (Phi) is 6.55. The summed E-state index contributed by atoms with van der Waals surface area (Å²) in [6.07, 6.45) is 0. The molecule has 1 nitrogen and oxygen atoms in total. The van der Waals surface area contributed by atoms with Crippen LogP contribution < -0.4 is 4.90 Å². The van der Waals surface area contributed by atoms with Crippen LogP contribution >= 0.6 is 0 Å². The second-order valence-electron chi connectivity index (χ2n) is 12.7. The van der Waals surface area contributed by atoms with E-state index in [-0.39, 0.29) is 10.8 Å². The third-order valence-corrected chi connectivity index (χ3v) is 9.83. The van der Waals surface area contributed by atoms with Gasteiger partial charge in [0.1, 0.15) is 0 Å². The highest BCUT2D eigenvalue weighted by atomic mass is 15.1. The van der Waals surface area contributed by atoms with Crippen molar-refractivity contribution in [2.45, 2.75) is 38.5 Å². The lowest BCUT2D eigenvalue weighted by Gasteiger charge is -2.48. The number of anilines is 3. The maximum atomic E-state index is 2.44. The summed E-state index contributed by atoms with van der Waals surface area (Å²) >= 11 is 0. The van der Waals surface area contributed by atoms with Gasteiger partial charge in [0.2, 0.25) is 0 Å². The Morgan fingerprint density at radius 3 is 1.70 bits per heavy atom. The fraction of sp³-hybridized carbons (Fsp3) is 0.143. The maximum absolute atomic E-state index is 2.44. The molecule has 43 heavy (non-hydrogen) atoms. The minimum absolute atomic E-state index is 0.0252. The molecule has 0 unspecified atom stereocenters. The van der Waals surface area contributed by atoms with Crippen LogP contribution in [0, 0.1) is 0 Å². The van der Waals surface area contributed by atoms with E-state index in [9.17, 15) is 0 Å². The van der Waals surface area contributed by atoms with E-state index in [0.29, 0.717) is 0 Å². The van der Waals surface area contributed by atoms with E-state index < -0.39 is 0 Å². The van der Waals surface area contributed by atoms with Gasteiger partial charge in [-0.3, -0.25) is 0 Å². The highest BCUT2D eigenvalue weighted by molar-refractivity contribution is 5.90. The van der Waals surface area contributed by atoms with Crippen LogP contribution in [0.15, 0.2) is 152 Å². The zero-order valence-electron chi connectivity index (χ0n) is 25.4. The third-order valence-electron chi connectivity index (χ3n) is 9.83. The van der Waals surface area contributed by atoms with E-state index in [4.69, 9.17) is 0 Å². The molecule has 0 amide bonds. The van der Waals surface area contributed by atoms with E-state index >= 15 is 0 Å². The number of para-hydroxylation sites is 2. The van der Waals surface area contributed by atoms with Crippen molar-refractivity contribution in [3.05, 3.63) is 163 Å². The van der Waals surface area contributed by atoms with Crippen molar-refractivity contribution in [2.75, 3.05) is 4.90 Å². The predicted molar refractivity (Wildman–Crippen MR) is 183 cm³/mol. The Hall–Kier alpha value is -4.88. The highest BCUT2D eigenvalue weighted by Crippen LogP contribution is 2.55. The van der Waals surface area contributed by atoms with Crippen LogP contribution in [-0.4, -0.2) is 0 Å². The summed E-state index contributed by atoms with van der Waals surface area (Å²) in [6, 6.07) is 55.1. The zero-order valence-corrected chi connectivity index (χ0v) is 25.4. The van der Waals surface area contributed by atoms with E-state index in [1.54, 1.807) is 0 Å². The van der Waals surface area contributed by atoms with Crippen molar-refractivity contribution >= 4 is 17.1 Å². The summed E-state index contributed by atoms with van der Waals surface area (Å²) in [4.78, 5) is 2.42. The molecule has 0 N–H and O–H groups in total. The summed E-state index contributed by atoms with van der Waals surface area (Å²) in [5.41, 5.74) is 13.7. The van der Waals surface area contributed by atoms with Gasteiger partial charge < -0.3 is 4.90 Å². The van der Waals surface area contributed by atoms with Crippen LogP contribution in [0.4, 0.5) is 17.1 Å². The molecule has 0 atom stereocenters. The molecule has 0 aromatic heterocycles. The zero-order chi connectivity index (χ0) is 29.6. The van der Waals surface area contributed by atoms with Crippen LogP contribution in [-0.2, 0) is 10.8 Å². The average Bonchev–Trinajstić information content (AvgIpc) is 3.05. The second-order valence-corrected chi connectivity index (χ2v) is 12.7. The van der Waals surface area contributed by atoms with Crippen molar-refractivity contribution < 1.29 is 0 Å². The number of hydrogen-bond donors (Lipinski definition) is 0. The van der Waals surface area contributed by atoms with Gasteiger partial charge in [0.05, 0.1) is 5.69 Å². The molecule has 0 spiro atoms. The number of benzene rings is 6. The number of nitrogens with zero attached hydrogens (tertiary/aromatic N) is 1. The lowest BCUT2D eigenvalue weighted by molar-refractivity contribution is 0.299. The first kappa shape index (κ1) is 27.0. The predicted octanol–water partition coefficient (Wildman–Crippen LogP) is 11.7. The van der Waals surface area contributed by atoms with Gasteiger partial charge in [0.15, 0.2) is 0 Å². The third kappa shape index (κ3) is 4.48. The molecule has 1 aliphatic rings. The number of rotatable bonds is 5. The van der Waals surface area contributed by atoms with Crippen molar-refractivity contribution in [3.63, 3.8) is 0 Å². The van der Waals surface area contributed by atoms with E-state index in [2.05, 4.69) is 184 Å². The largest absolute Gasteiger partial charge is 0.310 e. The van der Waals surface area contributed by atoms with Crippen LogP contribution in [0.5, 0.6) is 0 Å². The SMILES string of the molecule is CC1(C)c2ccccc2-c2ccc(N(c3ccccc3)c3ccccc3-c3cccc(-c4ccccc4)c3)cc2C1(C)C. The lowest BCUT2D eigenvalue weighted by Crippen LogP contribution is -2.43. The highest BCUT2D eigenvalue weighted by Gasteiger charge is 2.45. The molecule has 0 heterocycles. The van der Waals surface area contributed by atoms with Crippen molar-refractivity contribution in [1.82, 2.24) is 0 Å². The Labute approximate surface area is 256 Å². The second kappa shape index (κ2) is 10.4. The molecule has 1 aliphatic carbocycles. The lowest BCUT2D eigenvalue weighted by atomic mass is 9.55. The average molecular weight is 556 g/mol. The van der Waals surface area contributed by atoms with E-state index in [0.717, 1.165) is 11.4 Å². The van der Waals surface area contributed by atoms with Gasteiger partial charge in [-0.1, -0.05) is 143 Å². The Bertz CT molecular complexity index is 1910. The Morgan fingerprint density at radius 1 is 0.372 bits per heavy atom. The molecule has 0 saturated carbocycles. The topological polar surface area (TPSA) is 3.24 Å². The monoisotopic (exact) mass is 555 g/mol. The minimum atomic E-state index is -0.0708. The Morgan fingerprint density at radius 2 is 0.930 bits per heavy atom. The molecule has 0 bridgehead atoms. The van der Waals surface area contributed by atoms with E-state index in [1.807, 2.05) is 0 Å². The van der Waals surface area contributed by atoms with Crippen LogP contribution in [0.3, 0.4) is 0 Å². The van der Waals surface area contributed by atoms with Gasteiger partial charge in [-0.05, 0) is 86.2 Å². The van der Waals surface area contributed by atoms with Gasteiger partial charge >= 0.3 is 0 Å². The van der Waals surface area contributed by atoms with Gasteiger partial charge in [0.25, 0.3) is 0 Å². The van der Waals surface area contributed by atoms with Gasteiger partial charge in [-0.25, -0.2) is 0 Å². The van der Waals surface area contributed by atoms with Crippen LogP contribution in [0.25, 0.3) is 33.4 Å². The van der Waals surface area contributed by atoms with Crippen LogP contribution in [0.2, 0.25) is 0 Å². The Balaban J connectivity index is 1.43. The van der Waals surface area contributed by atoms with Crippen molar-refractivity contribution in [2.24, 2.45) is 0 Å². The molecule has 0 fully saturated rings. The summed E-state index contributed by atoms with van der Waals surface area (Å²) in [6.45, 7) is 9.60. The first-order valence-electron chi connectivity index (χ1n) is 15.2. The van der Waals surface area contributed by atoms with Gasteiger partial charge in [-0.15, -0.1) is 0 Å². The molecule has 210 valence electrons. The molecule has 0 saturated heterocycles. The van der Waals surface area contributed by atoms with Gasteiger partial charge in [0, 0.05) is 16.9 Å². The first-order chi connectivity index (χ1) is 20.9. The normalized spacial score (nSPS) is 14.4. The van der Waals surface area contributed by atoms with E-state index in [1.165, 1.54) is 50.2 Å². The molecule has 1 heteroatoms. The van der Waals surface area contributed by atoms with Crippen molar-refractivity contribution in [3.8, 4) is 33.4 Å². The fourth-order valence-electron chi connectivity index (χ4n) is 6.77. The molecule has 6 aromatic carbocycles. The fourth-order valence-corrected chi connectivity index (χ4v) is 6.77.